The molecule has 0 amide bonds. The monoisotopic (exact) mass is 252 g/mol. The fraction of sp³-hybridized carbons (Fsp3) is 0.417. The van der Waals surface area contributed by atoms with Crippen LogP contribution in [0.3, 0.4) is 0 Å². The van der Waals surface area contributed by atoms with Crippen LogP contribution >= 0.6 is 0 Å². The van der Waals surface area contributed by atoms with Gasteiger partial charge in [0.2, 0.25) is 10.0 Å². The van der Waals surface area contributed by atoms with Crippen LogP contribution in [0, 0.1) is 18.3 Å². The van der Waals surface area contributed by atoms with Gasteiger partial charge in [0.15, 0.2) is 0 Å². The second-order valence-electron chi connectivity index (χ2n) is 3.68. The summed E-state index contributed by atoms with van der Waals surface area (Å²) in [6.45, 7) is 6.18. The Kier molecular flexibility index (Phi) is 4.27. The molecule has 0 bridgehead atoms. The van der Waals surface area contributed by atoms with E-state index in [4.69, 9.17) is 5.26 Å². The number of benzene rings is 1. The Hall–Kier alpha value is -1.38. The second-order valence-corrected chi connectivity index (χ2v) is 5.59. The number of rotatable bonds is 4. The van der Waals surface area contributed by atoms with Gasteiger partial charge >= 0.3 is 0 Å². The van der Waals surface area contributed by atoms with E-state index in [0.717, 1.165) is 0 Å². The predicted molar refractivity (Wildman–Crippen MR) is 66.0 cm³/mol. The molecule has 92 valence electrons. The SMILES string of the molecule is CCN(CC)S(=O)(=O)c1cc(C#N)ccc1C. The summed E-state index contributed by atoms with van der Waals surface area (Å²) in [7, 11) is -3.48. The van der Waals surface area contributed by atoms with Gasteiger partial charge in [0, 0.05) is 13.1 Å². The van der Waals surface area contributed by atoms with Crippen LogP contribution in [0.15, 0.2) is 23.1 Å². The molecule has 0 saturated heterocycles. The van der Waals surface area contributed by atoms with Crippen LogP contribution in [0.2, 0.25) is 0 Å². The summed E-state index contributed by atoms with van der Waals surface area (Å²) in [5.41, 5.74) is 1.03. The number of nitrogens with zero attached hydrogens (tertiary/aromatic N) is 2. The highest BCUT2D eigenvalue weighted by molar-refractivity contribution is 7.89. The smallest absolute Gasteiger partial charge is 0.207 e. The van der Waals surface area contributed by atoms with Gasteiger partial charge in [-0.3, -0.25) is 0 Å². The van der Waals surface area contributed by atoms with Crippen molar-refractivity contribution >= 4 is 10.0 Å². The fourth-order valence-corrected chi connectivity index (χ4v) is 3.36. The van der Waals surface area contributed by atoms with Crippen LogP contribution in [-0.4, -0.2) is 25.8 Å². The highest BCUT2D eigenvalue weighted by Gasteiger charge is 2.23. The molecular weight excluding hydrogens is 236 g/mol. The van der Waals surface area contributed by atoms with Gasteiger partial charge < -0.3 is 0 Å². The van der Waals surface area contributed by atoms with Gasteiger partial charge in [0.25, 0.3) is 0 Å². The Bertz CT molecular complexity index is 540. The number of nitriles is 1. The second kappa shape index (κ2) is 5.30. The minimum Gasteiger partial charge on any atom is -0.207 e. The molecule has 0 saturated carbocycles. The van der Waals surface area contributed by atoms with Crippen LogP contribution < -0.4 is 0 Å². The Morgan fingerprint density at radius 2 is 1.88 bits per heavy atom. The van der Waals surface area contributed by atoms with E-state index in [1.165, 1.54) is 10.4 Å². The maximum Gasteiger partial charge on any atom is 0.243 e. The lowest BCUT2D eigenvalue weighted by Gasteiger charge is -2.19. The first-order chi connectivity index (χ1) is 7.97. The molecule has 0 aliphatic heterocycles. The summed E-state index contributed by atoms with van der Waals surface area (Å²) in [4.78, 5) is 0.222. The summed E-state index contributed by atoms with van der Waals surface area (Å²) >= 11 is 0. The van der Waals surface area contributed by atoms with E-state index in [2.05, 4.69) is 0 Å². The normalized spacial score (nSPS) is 11.5. The lowest BCUT2D eigenvalue weighted by atomic mass is 10.2. The molecule has 0 unspecified atom stereocenters. The molecule has 1 rings (SSSR count). The summed E-state index contributed by atoms with van der Waals surface area (Å²) in [6.07, 6.45) is 0. The lowest BCUT2D eigenvalue weighted by molar-refractivity contribution is 0.445. The first-order valence-electron chi connectivity index (χ1n) is 5.48. The van der Waals surface area contributed by atoms with Crippen LogP contribution in [0.1, 0.15) is 25.0 Å². The molecule has 4 nitrogen and oxygen atoms in total. The summed E-state index contributed by atoms with van der Waals surface area (Å²) < 4.78 is 26.0. The first-order valence-corrected chi connectivity index (χ1v) is 6.92. The third kappa shape index (κ3) is 2.65. The molecule has 0 aromatic heterocycles. The van der Waals surface area contributed by atoms with Gasteiger partial charge in [-0.15, -0.1) is 0 Å². The topological polar surface area (TPSA) is 61.2 Å². The van der Waals surface area contributed by atoms with Crippen molar-refractivity contribution in [2.75, 3.05) is 13.1 Å². The zero-order chi connectivity index (χ0) is 13.1. The summed E-state index contributed by atoms with van der Waals surface area (Å²) in [5.74, 6) is 0. The van der Waals surface area contributed by atoms with E-state index in [9.17, 15) is 8.42 Å². The fourth-order valence-electron chi connectivity index (χ4n) is 1.65. The van der Waals surface area contributed by atoms with E-state index in [1.54, 1.807) is 32.9 Å². The standard InChI is InChI=1S/C12H16N2O2S/c1-4-14(5-2)17(15,16)12-8-11(9-13)7-6-10(12)3/h6-8H,4-5H2,1-3H3. The highest BCUT2D eigenvalue weighted by atomic mass is 32.2. The maximum absolute atomic E-state index is 12.3. The van der Waals surface area contributed by atoms with Crippen molar-refractivity contribution in [3.05, 3.63) is 29.3 Å². The van der Waals surface area contributed by atoms with Crippen molar-refractivity contribution < 1.29 is 8.42 Å². The van der Waals surface area contributed by atoms with Crippen LogP contribution in [0.5, 0.6) is 0 Å². The van der Waals surface area contributed by atoms with Crippen molar-refractivity contribution in [1.82, 2.24) is 4.31 Å². The highest BCUT2D eigenvalue weighted by Crippen LogP contribution is 2.20. The van der Waals surface area contributed by atoms with Crippen molar-refractivity contribution in [3.8, 4) is 6.07 Å². The van der Waals surface area contributed by atoms with Crippen LogP contribution in [0.4, 0.5) is 0 Å². The molecule has 0 heterocycles. The number of sulfonamides is 1. The van der Waals surface area contributed by atoms with E-state index >= 15 is 0 Å². The Morgan fingerprint density at radius 3 is 2.35 bits per heavy atom. The van der Waals surface area contributed by atoms with Crippen LogP contribution in [0.25, 0.3) is 0 Å². The first kappa shape index (κ1) is 13.7. The summed E-state index contributed by atoms with van der Waals surface area (Å²) in [6, 6.07) is 6.68. The van der Waals surface area contributed by atoms with E-state index < -0.39 is 10.0 Å². The van der Waals surface area contributed by atoms with E-state index in [0.29, 0.717) is 24.2 Å². The Morgan fingerprint density at radius 1 is 1.29 bits per heavy atom. The third-order valence-electron chi connectivity index (χ3n) is 2.64. The molecule has 0 radical (unpaired) electrons. The molecule has 0 fully saturated rings. The average Bonchev–Trinajstić information content (AvgIpc) is 2.30. The quantitative estimate of drug-likeness (QED) is 0.822. The van der Waals surface area contributed by atoms with Crippen molar-refractivity contribution in [3.63, 3.8) is 0 Å². The molecule has 0 N–H and O–H groups in total. The third-order valence-corrected chi connectivity index (χ3v) is 4.83. The number of aryl methyl sites for hydroxylation is 1. The molecule has 1 aromatic carbocycles. The molecule has 5 heteroatoms. The predicted octanol–water partition coefficient (Wildman–Crippen LogP) is 1.90. The van der Waals surface area contributed by atoms with Gasteiger partial charge in [-0.1, -0.05) is 19.9 Å². The molecule has 17 heavy (non-hydrogen) atoms. The Labute approximate surface area is 103 Å². The zero-order valence-corrected chi connectivity index (χ0v) is 11.1. The summed E-state index contributed by atoms with van der Waals surface area (Å²) in [5, 5.41) is 8.81. The molecule has 0 aliphatic carbocycles. The van der Waals surface area contributed by atoms with E-state index in [1.807, 2.05) is 6.07 Å². The minimum absolute atomic E-state index is 0.222. The van der Waals surface area contributed by atoms with Crippen molar-refractivity contribution in [2.45, 2.75) is 25.7 Å². The van der Waals surface area contributed by atoms with Gasteiger partial charge in [0.05, 0.1) is 16.5 Å². The van der Waals surface area contributed by atoms with Crippen molar-refractivity contribution in [2.24, 2.45) is 0 Å². The molecule has 0 aliphatic rings. The Balaban J connectivity index is 3.38. The van der Waals surface area contributed by atoms with Gasteiger partial charge in [-0.25, -0.2) is 8.42 Å². The molecule has 0 spiro atoms. The van der Waals surface area contributed by atoms with E-state index in [-0.39, 0.29) is 4.90 Å². The van der Waals surface area contributed by atoms with Gasteiger partial charge in [-0.05, 0) is 24.6 Å². The minimum atomic E-state index is -3.48. The average molecular weight is 252 g/mol. The lowest BCUT2D eigenvalue weighted by Crippen LogP contribution is -2.31. The molecule has 0 atom stereocenters. The van der Waals surface area contributed by atoms with Crippen LogP contribution in [-0.2, 0) is 10.0 Å². The molecular formula is C12H16N2O2S. The largest absolute Gasteiger partial charge is 0.243 e. The molecule has 1 aromatic rings. The number of hydrogen-bond acceptors (Lipinski definition) is 3. The zero-order valence-electron chi connectivity index (χ0n) is 10.3. The number of hydrogen-bond donors (Lipinski definition) is 0. The maximum atomic E-state index is 12.3. The van der Waals surface area contributed by atoms with Gasteiger partial charge in [-0.2, -0.15) is 9.57 Å². The van der Waals surface area contributed by atoms with Crippen molar-refractivity contribution in [1.29, 1.82) is 5.26 Å². The van der Waals surface area contributed by atoms with Gasteiger partial charge in [0.1, 0.15) is 0 Å².